The number of carbonyl (C=O) groups is 2. The molecule has 8 nitrogen and oxygen atoms in total. The van der Waals surface area contributed by atoms with Crippen molar-refractivity contribution in [2.24, 2.45) is 11.8 Å². The molecule has 0 unspecified atom stereocenters. The quantitative estimate of drug-likeness (QED) is 0.309. The highest BCUT2D eigenvalue weighted by Gasteiger charge is 2.39. The van der Waals surface area contributed by atoms with Gasteiger partial charge in [0.1, 0.15) is 5.82 Å². The van der Waals surface area contributed by atoms with Gasteiger partial charge in [-0.3, -0.25) is 14.6 Å². The van der Waals surface area contributed by atoms with Gasteiger partial charge in [-0.25, -0.2) is 11.0 Å². The van der Waals surface area contributed by atoms with Gasteiger partial charge in [-0.1, -0.05) is 0 Å². The Labute approximate surface area is 260 Å². The summed E-state index contributed by atoms with van der Waals surface area (Å²) in [5.41, 5.74) is 3.24. The molecule has 0 spiro atoms. The monoisotopic (exact) mass is 600 g/mol. The molecule has 0 aliphatic carbocycles. The van der Waals surface area contributed by atoms with E-state index >= 15 is 0 Å². The SMILES string of the molecule is [C-]#[N+]C(C)(C)C(=O)N1CCC(CN2CC[C@H](Cc3cn(-c4ccc(F)cc4C(=O)N(C)C(C)C)c4cncc(C)c34)C2)CC1. The summed E-state index contributed by atoms with van der Waals surface area (Å²) >= 11 is 0. The molecule has 0 radical (unpaired) electrons. The molecule has 3 aromatic rings. The Morgan fingerprint density at radius 2 is 1.84 bits per heavy atom. The molecule has 2 aliphatic heterocycles. The number of halogens is 1. The minimum atomic E-state index is -0.981. The van der Waals surface area contributed by atoms with E-state index in [-0.39, 0.29) is 17.9 Å². The lowest BCUT2D eigenvalue weighted by Crippen LogP contribution is -2.48. The first-order chi connectivity index (χ1) is 20.9. The number of hydrogen-bond acceptors (Lipinski definition) is 4. The number of rotatable bonds is 8. The van der Waals surface area contributed by atoms with Crippen molar-refractivity contribution in [2.75, 3.05) is 39.8 Å². The second-order valence-electron chi connectivity index (χ2n) is 13.6. The van der Waals surface area contributed by atoms with Gasteiger partial charge in [0.2, 0.25) is 0 Å². The average molecular weight is 601 g/mol. The fourth-order valence-corrected chi connectivity index (χ4v) is 6.78. The molecule has 2 fully saturated rings. The van der Waals surface area contributed by atoms with E-state index in [4.69, 9.17) is 6.57 Å². The number of pyridine rings is 1. The maximum atomic E-state index is 14.4. The van der Waals surface area contributed by atoms with E-state index in [1.165, 1.54) is 17.7 Å². The maximum absolute atomic E-state index is 14.4. The standard InChI is InChI=1S/C35H45FN6O2/c1-23(2)39(7)33(43)29-17-28(36)8-9-30(29)42-22-27(32-24(3)18-38-19-31(32)42)16-26-10-13-40(21-26)20-25-11-14-41(15-12-25)34(44)35(4,5)37-6/h8-9,17-19,22-23,25-26H,10-16,20-21H2,1-5,7H3/t26-/m1/s1. The molecule has 5 rings (SSSR count). The van der Waals surface area contributed by atoms with E-state index in [9.17, 15) is 14.0 Å². The normalized spacial score (nSPS) is 18.2. The van der Waals surface area contributed by atoms with Crippen LogP contribution in [0.25, 0.3) is 21.4 Å². The van der Waals surface area contributed by atoms with Crippen LogP contribution >= 0.6 is 0 Å². The van der Waals surface area contributed by atoms with Crippen LogP contribution in [0.1, 0.15) is 68.4 Å². The third-order valence-electron chi connectivity index (χ3n) is 9.62. The molecule has 0 saturated carbocycles. The molecule has 2 amide bonds. The molecule has 1 atom stereocenters. The summed E-state index contributed by atoms with van der Waals surface area (Å²) in [5.74, 6) is 0.360. The summed E-state index contributed by atoms with van der Waals surface area (Å²) < 4.78 is 16.5. The lowest BCUT2D eigenvalue weighted by molar-refractivity contribution is -0.135. The first kappa shape index (κ1) is 31.6. The smallest absolute Gasteiger partial charge is 0.308 e. The first-order valence-corrected chi connectivity index (χ1v) is 15.8. The highest BCUT2D eigenvalue weighted by atomic mass is 19.1. The van der Waals surface area contributed by atoms with Crippen molar-refractivity contribution in [1.29, 1.82) is 0 Å². The molecule has 0 bridgehead atoms. The van der Waals surface area contributed by atoms with Crippen LogP contribution in [0.2, 0.25) is 0 Å². The van der Waals surface area contributed by atoms with Gasteiger partial charge >= 0.3 is 11.4 Å². The van der Waals surface area contributed by atoms with E-state index < -0.39 is 11.4 Å². The first-order valence-electron chi connectivity index (χ1n) is 15.8. The molecular weight excluding hydrogens is 555 g/mol. The number of carbonyl (C=O) groups excluding carboxylic acids is 2. The number of amides is 2. The highest BCUT2D eigenvalue weighted by Crippen LogP contribution is 2.33. The number of likely N-dealkylation sites (tertiary alicyclic amines) is 2. The van der Waals surface area contributed by atoms with Gasteiger partial charge in [0.25, 0.3) is 5.91 Å². The van der Waals surface area contributed by atoms with Gasteiger partial charge < -0.3 is 24.1 Å². The Hall–Kier alpha value is -3.77. The van der Waals surface area contributed by atoms with Crippen LogP contribution in [0.5, 0.6) is 0 Å². The van der Waals surface area contributed by atoms with Crippen molar-refractivity contribution < 1.29 is 14.0 Å². The molecule has 9 heteroatoms. The van der Waals surface area contributed by atoms with E-state index in [2.05, 4.69) is 27.8 Å². The van der Waals surface area contributed by atoms with E-state index in [1.54, 1.807) is 31.9 Å². The fraction of sp³-hybridized carbons (Fsp3) is 0.543. The van der Waals surface area contributed by atoms with Gasteiger partial charge in [-0.15, -0.1) is 0 Å². The molecule has 2 aromatic heterocycles. The largest absolute Gasteiger partial charge is 0.339 e. The summed E-state index contributed by atoms with van der Waals surface area (Å²) in [6, 6.07) is 4.43. The molecular formula is C35H45FN6O2. The van der Waals surface area contributed by atoms with Crippen LogP contribution in [0.15, 0.2) is 36.8 Å². The Balaban J connectivity index is 1.31. The molecule has 234 valence electrons. The number of hydrogen-bond donors (Lipinski definition) is 0. The summed E-state index contributed by atoms with van der Waals surface area (Å²) in [7, 11) is 1.75. The van der Waals surface area contributed by atoms with Crippen molar-refractivity contribution >= 4 is 22.7 Å². The van der Waals surface area contributed by atoms with Gasteiger partial charge in [0, 0.05) is 70.9 Å². The zero-order chi connectivity index (χ0) is 31.8. The number of nitrogens with zero attached hydrogens (tertiary/aromatic N) is 6. The lowest BCUT2D eigenvalue weighted by Gasteiger charge is -2.35. The number of fused-ring (bicyclic) bond motifs is 1. The van der Waals surface area contributed by atoms with Gasteiger partial charge in [0.15, 0.2) is 0 Å². The topological polar surface area (TPSA) is 66.0 Å². The fourth-order valence-electron chi connectivity index (χ4n) is 6.78. The van der Waals surface area contributed by atoms with Crippen molar-refractivity contribution in [2.45, 2.75) is 71.9 Å². The average Bonchev–Trinajstić information content (AvgIpc) is 3.61. The van der Waals surface area contributed by atoms with Crippen molar-refractivity contribution in [3.05, 3.63) is 70.7 Å². The van der Waals surface area contributed by atoms with Gasteiger partial charge in [-0.05, 0) is 94.2 Å². The van der Waals surface area contributed by atoms with E-state index in [1.807, 2.05) is 35.7 Å². The predicted molar refractivity (Wildman–Crippen MR) is 171 cm³/mol. The molecule has 0 N–H and O–H groups in total. The van der Waals surface area contributed by atoms with Gasteiger partial charge in [0.05, 0.1) is 23.0 Å². The van der Waals surface area contributed by atoms with Crippen LogP contribution in [0.4, 0.5) is 4.39 Å². The van der Waals surface area contributed by atoms with Crippen LogP contribution in [0, 0.1) is 31.1 Å². The lowest BCUT2D eigenvalue weighted by atomic mass is 9.94. The minimum Gasteiger partial charge on any atom is -0.339 e. The number of piperidine rings is 1. The summed E-state index contributed by atoms with van der Waals surface area (Å²) in [6.07, 6.45) is 9.84. The molecule has 4 heterocycles. The zero-order valence-corrected chi connectivity index (χ0v) is 26.9. The Morgan fingerprint density at radius 1 is 1.14 bits per heavy atom. The predicted octanol–water partition coefficient (Wildman–Crippen LogP) is 5.75. The van der Waals surface area contributed by atoms with Crippen molar-refractivity contribution in [1.82, 2.24) is 24.3 Å². The second-order valence-corrected chi connectivity index (χ2v) is 13.6. The van der Waals surface area contributed by atoms with Crippen LogP contribution in [-0.4, -0.2) is 87.4 Å². The molecule has 1 aromatic carbocycles. The number of benzene rings is 1. The third-order valence-corrected chi connectivity index (χ3v) is 9.62. The number of aromatic nitrogens is 2. The van der Waals surface area contributed by atoms with Gasteiger partial charge in [-0.2, -0.15) is 0 Å². The van der Waals surface area contributed by atoms with E-state index in [0.29, 0.717) is 23.1 Å². The third kappa shape index (κ3) is 6.37. The highest BCUT2D eigenvalue weighted by molar-refractivity contribution is 5.99. The number of aryl methyl sites for hydroxylation is 1. The summed E-state index contributed by atoms with van der Waals surface area (Å²) in [4.78, 5) is 40.2. The van der Waals surface area contributed by atoms with Crippen LogP contribution in [-0.2, 0) is 11.2 Å². The zero-order valence-electron chi connectivity index (χ0n) is 26.9. The summed E-state index contributed by atoms with van der Waals surface area (Å²) in [5, 5.41) is 1.15. The Bertz CT molecular complexity index is 1580. The molecule has 2 aliphatic rings. The van der Waals surface area contributed by atoms with Crippen LogP contribution in [0.3, 0.4) is 0 Å². The summed E-state index contributed by atoms with van der Waals surface area (Å²) in [6.45, 7) is 21.3. The maximum Gasteiger partial charge on any atom is 0.308 e. The van der Waals surface area contributed by atoms with Crippen molar-refractivity contribution in [3.63, 3.8) is 0 Å². The van der Waals surface area contributed by atoms with Crippen LogP contribution < -0.4 is 0 Å². The Kier molecular flexibility index (Phi) is 9.12. The second kappa shape index (κ2) is 12.7. The van der Waals surface area contributed by atoms with E-state index in [0.717, 1.165) is 74.9 Å². The molecule has 44 heavy (non-hydrogen) atoms. The minimum absolute atomic E-state index is 0.0170. The molecule has 2 saturated heterocycles. The Morgan fingerprint density at radius 3 is 2.52 bits per heavy atom. The van der Waals surface area contributed by atoms with Crippen molar-refractivity contribution in [3.8, 4) is 5.69 Å².